The Morgan fingerprint density at radius 1 is 0.590 bits per heavy atom. The van der Waals surface area contributed by atoms with Gasteiger partial charge in [0.1, 0.15) is 6.10 Å². The van der Waals surface area contributed by atoms with E-state index in [4.69, 9.17) is 9.84 Å². The lowest BCUT2D eigenvalue weighted by Crippen LogP contribution is -2.18. The van der Waals surface area contributed by atoms with Gasteiger partial charge in [-0.2, -0.15) is 0 Å². The SMILES string of the molecule is CC/C=C\C/C=C\C/C=C\CCCCCCCC(=O)OC(CCCCCCCCC)CCCCCCC(=O)O. The first kappa shape index (κ1) is 37.2. The molecule has 0 aliphatic rings. The minimum Gasteiger partial charge on any atom is -0.481 e. The van der Waals surface area contributed by atoms with Crippen molar-refractivity contribution in [3.05, 3.63) is 36.5 Å². The molecule has 39 heavy (non-hydrogen) atoms. The number of carbonyl (C=O) groups is 2. The lowest BCUT2D eigenvalue weighted by atomic mass is 10.0. The van der Waals surface area contributed by atoms with Crippen LogP contribution in [0, 0.1) is 0 Å². The van der Waals surface area contributed by atoms with Crippen LogP contribution < -0.4 is 0 Å². The van der Waals surface area contributed by atoms with E-state index in [2.05, 4.69) is 50.3 Å². The second-order valence-electron chi connectivity index (χ2n) is 11.0. The minimum absolute atomic E-state index is 0.0297. The summed E-state index contributed by atoms with van der Waals surface area (Å²) in [7, 11) is 0. The Balaban J connectivity index is 3.99. The van der Waals surface area contributed by atoms with Crippen LogP contribution in [0.25, 0.3) is 0 Å². The molecule has 1 unspecified atom stereocenters. The van der Waals surface area contributed by atoms with Crippen molar-refractivity contribution in [3.8, 4) is 0 Å². The summed E-state index contributed by atoms with van der Waals surface area (Å²) < 4.78 is 5.91. The summed E-state index contributed by atoms with van der Waals surface area (Å²) in [5, 5.41) is 8.79. The van der Waals surface area contributed by atoms with Crippen LogP contribution in [-0.4, -0.2) is 23.1 Å². The molecule has 0 spiro atoms. The van der Waals surface area contributed by atoms with Crippen molar-refractivity contribution < 1.29 is 19.4 Å². The number of unbranched alkanes of at least 4 members (excludes halogenated alkanes) is 14. The maximum atomic E-state index is 12.5. The van der Waals surface area contributed by atoms with E-state index in [1.165, 1.54) is 57.8 Å². The number of allylic oxidation sites excluding steroid dienone is 6. The van der Waals surface area contributed by atoms with Gasteiger partial charge in [0, 0.05) is 12.8 Å². The van der Waals surface area contributed by atoms with E-state index in [-0.39, 0.29) is 18.5 Å². The van der Waals surface area contributed by atoms with Gasteiger partial charge in [0.25, 0.3) is 0 Å². The number of rotatable bonds is 29. The Bertz CT molecular complexity index is 635. The van der Waals surface area contributed by atoms with Crippen molar-refractivity contribution in [1.82, 2.24) is 0 Å². The molecule has 0 aromatic rings. The summed E-state index contributed by atoms with van der Waals surface area (Å²) in [5.41, 5.74) is 0. The predicted octanol–water partition coefficient (Wildman–Crippen LogP) is 11.1. The average Bonchev–Trinajstić information content (AvgIpc) is 2.91. The van der Waals surface area contributed by atoms with Crippen LogP contribution in [0.3, 0.4) is 0 Å². The molecule has 0 saturated carbocycles. The predicted molar refractivity (Wildman–Crippen MR) is 167 cm³/mol. The molecular weight excluding hydrogens is 484 g/mol. The lowest BCUT2D eigenvalue weighted by molar-refractivity contribution is -0.150. The molecule has 0 saturated heterocycles. The van der Waals surface area contributed by atoms with Gasteiger partial charge < -0.3 is 9.84 Å². The number of aliphatic carboxylic acids is 1. The van der Waals surface area contributed by atoms with Crippen LogP contribution in [0.2, 0.25) is 0 Å². The smallest absolute Gasteiger partial charge is 0.306 e. The van der Waals surface area contributed by atoms with Crippen molar-refractivity contribution in [2.45, 2.75) is 174 Å². The van der Waals surface area contributed by atoms with E-state index < -0.39 is 5.97 Å². The third kappa shape index (κ3) is 30.6. The highest BCUT2D eigenvalue weighted by molar-refractivity contribution is 5.69. The Labute approximate surface area is 241 Å². The van der Waals surface area contributed by atoms with Gasteiger partial charge in [-0.3, -0.25) is 9.59 Å². The molecule has 1 atom stereocenters. The second kappa shape index (κ2) is 30.7. The standard InChI is InChI=1S/C35H62O4/c1-3-5-7-9-11-12-13-14-15-16-17-18-20-22-28-32-35(38)39-33(29-25-21-19-10-8-6-4-2)30-26-23-24-27-31-34(36)37/h5,7,11-12,14-15,33H,3-4,6,8-10,13,16-32H2,1-2H3,(H,36,37)/b7-5-,12-11-,15-14-. The minimum atomic E-state index is -0.716. The van der Waals surface area contributed by atoms with E-state index in [1.807, 2.05) is 0 Å². The van der Waals surface area contributed by atoms with E-state index in [9.17, 15) is 9.59 Å². The van der Waals surface area contributed by atoms with Gasteiger partial charge in [-0.25, -0.2) is 0 Å². The molecule has 1 N–H and O–H groups in total. The monoisotopic (exact) mass is 546 g/mol. The summed E-state index contributed by atoms with van der Waals surface area (Å²) >= 11 is 0. The second-order valence-corrected chi connectivity index (χ2v) is 11.0. The van der Waals surface area contributed by atoms with Crippen LogP contribution in [0.5, 0.6) is 0 Å². The first-order valence-electron chi connectivity index (χ1n) is 16.5. The van der Waals surface area contributed by atoms with Crippen molar-refractivity contribution in [2.24, 2.45) is 0 Å². The molecule has 0 aromatic carbocycles. The Kier molecular flexibility index (Phi) is 29.2. The maximum absolute atomic E-state index is 12.5. The van der Waals surface area contributed by atoms with Gasteiger partial charge in [0.05, 0.1) is 0 Å². The Morgan fingerprint density at radius 2 is 1.08 bits per heavy atom. The van der Waals surface area contributed by atoms with Gasteiger partial charge in [-0.15, -0.1) is 0 Å². The van der Waals surface area contributed by atoms with Crippen molar-refractivity contribution >= 4 is 11.9 Å². The van der Waals surface area contributed by atoms with Gasteiger partial charge in [-0.05, 0) is 70.6 Å². The van der Waals surface area contributed by atoms with Gasteiger partial charge in [0.15, 0.2) is 0 Å². The molecule has 0 aliphatic carbocycles. The number of hydrogen-bond donors (Lipinski definition) is 1. The molecule has 4 nitrogen and oxygen atoms in total. The van der Waals surface area contributed by atoms with Crippen LogP contribution in [0.15, 0.2) is 36.5 Å². The largest absolute Gasteiger partial charge is 0.481 e. The van der Waals surface area contributed by atoms with Gasteiger partial charge >= 0.3 is 11.9 Å². The normalized spacial score (nSPS) is 12.7. The topological polar surface area (TPSA) is 63.6 Å². The van der Waals surface area contributed by atoms with E-state index in [0.717, 1.165) is 83.5 Å². The number of esters is 1. The molecule has 0 heterocycles. The highest BCUT2D eigenvalue weighted by Crippen LogP contribution is 2.18. The number of carboxylic acid groups (broad SMARTS) is 1. The van der Waals surface area contributed by atoms with Gasteiger partial charge in [0.2, 0.25) is 0 Å². The highest BCUT2D eigenvalue weighted by atomic mass is 16.5. The number of ether oxygens (including phenoxy) is 1. The van der Waals surface area contributed by atoms with Crippen LogP contribution in [-0.2, 0) is 14.3 Å². The molecule has 0 rings (SSSR count). The van der Waals surface area contributed by atoms with Crippen LogP contribution in [0.4, 0.5) is 0 Å². The summed E-state index contributed by atoms with van der Waals surface area (Å²) in [6, 6.07) is 0. The fourth-order valence-electron chi connectivity index (χ4n) is 4.73. The average molecular weight is 547 g/mol. The van der Waals surface area contributed by atoms with Crippen LogP contribution in [0.1, 0.15) is 168 Å². The third-order valence-electron chi connectivity index (χ3n) is 7.13. The number of hydrogen-bond acceptors (Lipinski definition) is 3. The molecule has 0 fully saturated rings. The zero-order chi connectivity index (χ0) is 28.7. The fraction of sp³-hybridized carbons (Fsp3) is 0.771. The maximum Gasteiger partial charge on any atom is 0.306 e. The Morgan fingerprint density at radius 3 is 1.67 bits per heavy atom. The quantitative estimate of drug-likeness (QED) is 0.0575. The van der Waals surface area contributed by atoms with Crippen LogP contribution >= 0.6 is 0 Å². The highest BCUT2D eigenvalue weighted by Gasteiger charge is 2.14. The zero-order valence-corrected chi connectivity index (χ0v) is 25.7. The molecule has 0 bridgehead atoms. The molecule has 0 amide bonds. The zero-order valence-electron chi connectivity index (χ0n) is 25.7. The molecule has 4 heteroatoms. The number of carboxylic acids is 1. The van der Waals surface area contributed by atoms with Crippen molar-refractivity contribution in [2.75, 3.05) is 0 Å². The summed E-state index contributed by atoms with van der Waals surface area (Å²) in [4.78, 5) is 23.2. The third-order valence-corrected chi connectivity index (χ3v) is 7.13. The molecule has 0 aliphatic heterocycles. The molecule has 226 valence electrons. The van der Waals surface area contributed by atoms with E-state index >= 15 is 0 Å². The molecular formula is C35H62O4. The van der Waals surface area contributed by atoms with Gasteiger partial charge in [-0.1, -0.05) is 121 Å². The summed E-state index contributed by atoms with van der Waals surface area (Å²) in [5.74, 6) is -0.748. The first-order chi connectivity index (χ1) is 19.1. The summed E-state index contributed by atoms with van der Waals surface area (Å²) in [6.07, 6.45) is 38.6. The molecule has 0 aromatic heterocycles. The lowest BCUT2D eigenvalue weighted by Gasteiger charge is -2.18. The number of carbonyl (C=O) groups excluding carboxylic acids is 1. The van der Waals surface area contributed by atoms with E-state index in [1.54, 1.807) is 0 Å². The molecule has 0 radical (unpaired) electrons. The first-order valence-corrected chi connectivity index (χ1v) is 16.5. The van der Waals surface area contributed by atoms with E-state index in [0.29, 0.717) is 6.42 Å². The Hall–Kier alpha value is -1.84. The van der Waals surface area contributed by atoms with Crippen molar-refractivity contribution in [1.29, 1.82) is 0 Å². The van der Waals surface area contributed by atoms with Crippen molar-refractivity contribution in [3.63, 3.8) is 0 Å². The fourth-order valence-corrected chi connectivity index (χ4v) is 4.73. The summed E-state index contributed by atoms with van der Waals surface area (Å²) in [6.45, 7) is 4.40.